The van der Waals surface area contributed by atoms with Crippen molar-refractivity contribution in [2.75, 3.05) is 23.9 Å². The van der Waals surface area contributed by atoms with Crippen molar-refractivity contribution < 1.29 is 13.5 Å². The number of nitrogens with one attached hydrogen (secondary N) is 1. The Morgan fingerprint density at radius 2 is 2.22 bits per heavy atom. The third kappa shape index (κ3) is 3.23. The number of hydrogen-bond acceptors (Lipinski definition) is 4. The molecule has 1 aliphatic rings. The first-order chi connectivity index (χ1) is 8.47. The Balaban J connectivity index is 2.01. The van der Waals surface area contributed by atoms with Crippen molar-refractivity contribution in [3.8, 4) is 0 Å². The minimum absolute atomic E-state index is 0.131. The fourth-order valence-electron chi connectivity index (χ4n) is 2.34. The number of hydrogen-bond donors (Lipinski definition) is 2. The van der Waals surface area contributed by atoms with Crippen LogP contribution in [0.5, 0.6) is 0 Å². The first kappa shape index (κ1) is 13.4. The topological polar surface area (TPSA) is 66.4 Å². The van der Waals surface area contributed by atoms with Gasteiger partial charge in [0.2, 0.25) is 0 Å². The van der Waals surface area contributed by atoms with E-state index in [9.17, 15) is 13.5 Å². The SMILES string of the molecule is CS(=O)(=O)CCCC(O)c1cccc2c1NCC2. The largest absolute Gasteiger partial charge is 0.388 e. The Kier molecular flexibility index (Phi) is 3.92. The average Bonchev–Trinajstić information content (AvgIpc) is 2.74. The van der Waals surface area contributed by atoms with E-state index in [0.717, 1.165) is 24.2 Å². The van der Waals surface area contributed by atoms with Crippen molar-refractivity contribution in [1.82, 2.24) is 0 Å². The van der Waals surface area contributed by atoms with Gasteiger partial charge in [-0.1, -0.05) is 18.2 Å². The molecule has 1 aromatic rings. The number of benzene rings is 1. The van der Waals surface area contributed by atoms with Gasteiger partial charge in [-0.05, 0) is 24.8 Å². The molecule has 0 aliphatic carbocycles. The second-order valence-electron chi connectivity index (χ2n) is 4.85. The predicted octanol–water partition coefficient (Wildman–Crippen LogP) is 1.51. The van der Waals surface area contributed by atoms with Crippen LogP contribution in [-0.2, 0) is 16.3 Å². The van der Waals surface area contributed by atoms with E-state index < -0.39 is 15.9 Å². The highest BCUT2D eigenvalue weighted by molar-refractivity contribution is 7.90. The Labute approximate surface area is 108 Å². The summed E-state index contributed by atoms with van der Waals surface area (Å²) in [6.07, 6.45) is 2.59. The molecule has 4 nitrogen and oxygen atoms in total. The number of sulfone groups is 1. The molecule has 1 heterocycles. The van der Waals surface area contributed by atoms with E-state index in [1.807, 2.05) is 12.1 Å². The fourth-order valence-corrected chi connectivity index (χ4v) is 3.03. The molecule has 2 rings (SSSR count). The van der Waals surface area contributed by atoms with Crippen LogP contribution in [0, 0.1) is 0 Å². The second-order valence-corrected chi connectivity index (χ2v) is 7.11. The normalized spacial score (nSPS) is 16.1. The average molecular weight is 269 g/mol. The third-order valence-electron chi connectivity index (χ3n) is 3.23. The van der Waals surface area contributed by atoms with Crippen molar-refractivity contribution in [2.24, 2.45) is 0 Å². The van der Waals surface area contributed by atoms with Gasteiger partial charge in [-0.2, -0.15) is 0 Å². The lowest BCUT2D eigenvalue weighted by atomic mass is 10.0. The van der Waals surface area contributed by atoms with Gasteiger partial charge in [0.25, 0.3) is 0 Å². The summed E-state index contributed by atoms with van der Waals surface area (Å²) < 4.78 is 22.1. The highest BCUT2D eigenvalue weighted by atomic mass is 32.2. The van der Waals surface area contributed by atoms with Crippen molar-refractivity contribution in [3.63, 3.8) is 0 Å². The fraction of sp³-hybridized carbons (Fsp3) is 0.538. The summed E-state index contributed by atoms with van der Waals surface area (Å²) in [6, 6.07) is 5.91. The lowest BCUT2D eigenvalue weighted by molar-refractivity contribution is 0.167. The summed E-state index contributed by atoms with van der Waals surface area (Å²) in [5.74, 6) is 0.131. The minimum Gasteiger partial charge on any atom is -0.388 e. The summed E-state index contributed by atoms with van der Waals surface area (Å²) in [6.45, 7) is 0.905. The molecule has 18 heavy (non-hydrogen) atoms. The molecule has 0 radical (unpaired) electrons. The second kappa shape index (κ2) is 5.28. The maximum absolute atomic E-state index is 11.0. The van der Waals surface area contributed by atoms with E-state index in [-0.39, 0.29) is 5.75 Å². The number of para-hydroxylation sites is 1. The smallest absolute Gasteiger partial charge is 0.147 e. The minimum atomic E-state index is -2.94. The quantitative estimate of drug-likeness (QED) is 0.850. The van der Waals surface area contributed by atoms with Gasteiger partial charge in [0.15, 0.2) is 0 Å². The number of anilines is 1. The molecule has 5 heteroatoms. The van der Waals surface area contributed by atoms with Crippen molar-refractivity contribution in [2.45, 2.75) is 25.4 Å². The standard InChI is InChI=1S/C13H19NO3S/c1-18(16,17)9-3-6-12(15)11-5-2-4-10-7-8-14-13(10)11/h2,4-5,12,14-15H,3,6-9H2,1H3. The number of aliphatic hydroxyl groups is 1. The molecular weight excluding hydrogens is 250 g/mol. The molecule has 1 aromatic carbocycles. The van der Waals surface area contributed by atoms with Crippen LogP contribution in [-0.4, -0.2) is 32.1 Å². The van der Waals surface area contributed by atoms with Crippen molar-refractivity contribution in [1.29, 1.82) is 0 Å². The number of aliphatic hydroxyl groups excluding tert-OH is 1. The van der Waals surface area contributed by atoms with E-state index in [1.54, 1.807) is 0 Å². The van der Waals surface area contributed by atoms with Crippen molar-refractivity contribution >= 4 is 15.5 Å². The summed E-state index contributed by atoms with van der Waals surface area (Å²) >= 11 is 0. The molecule has 0 amide bonds. The molecule has 0 fully saturated rings. The molecule has 0 spiro atoms. The van der Waals surface area contributed by atoms with Crippen LogP contribution in [0.4, 0.5) is 5.69 Å². The van der Waals surface area contributed by atoms with Crippen LogP contribution in [0.25, 0.3) is 0 Å². The molecule has 1 aliphatic heterocycles. The Morgan fingerprint density at radius 1 is 1.44 bits per heavy atom. The maximum atomic E-state index is 11.0. The van der Waals surface area contributed by atoms with E-state index in [2.05, 4.69) is 11.4 Å². The van der Waals surface area contributed by atoms with Crippen molar-refractivity contribution in [3.05, 3.63) is 29.3 Å². The molecule has 1 unspecified atom stereocenters. The van der Waals surface area contributed by atoms with Crippen LogP contribution < -0.4 is 5.32 Å². The van der Waals surface area contributed by atoms with Crippen LogP contribution in [0.3, 0.4) is 0 Å². The van der Waals surface area contributed by atoms with Crippen LogP contribution >= 0.6 is 0 Å². The van der Waals surface area contributed by atoms with Gasteiger partial charge in [0.1, 0.15) is 9.84 Å². The van der Waals surface area contributed by atoms with Crippen LogP contribution in [0.15, 0.2) is 18.2 Å². The Hall–Kier alpha value is -1.07. The summed E-state index contributed by atoms with van der Waals surface area (Å²) in [5, 5.41) is 13.4. The predicted molar refractivity (Wildman–Crippen MR) is 72.5 cm³/mol. The monoisotopic (exact) mass is 269 g/mol. The van der Waals surface area contributed by atoms with E-state index in [4.69, 9.17) is 0 Å². The van der Waals surface area contributed by atoms with Gasteiger partial charge < -0.3 is 10.4 Å². The molecule has 0 saturated heterocycles. The van der Waals surface area contributed by atoms with E-state index >= 15 is 0 Å². The summed E-state index contributed by atoms with van der Waals surface area (Å²) in [7, 11) is -2.94. The van der Waals surface area contributed by atoms with Crippen LogP contribution in [0.2, 0.25) is 0 Å². The molecular formula is C13H19NO3S. The van der Waals surface area contributed by atoms with Gasteiger partial charge in [-0.15, -0.1) is 0 Å². The zero-order valence-corrected chi connectivity index (χ0v) is 11.3. The molecule has 2 N–H and O–H groups in total. The molecule has 0 saturated carbocycles. The summed E-state index contributed by atoms with van der Waals surface area (Å²) in [4.78, 5) is 0. The highest BCUT2D eigenvalue weighted by Crippen LogP contribution is 2.32. The number of fused-ring (bicyclic) bond motifs is 1. The third-order valence-corrected chi connectivity index (χ3v) is 4.26. The van der Waals surface area contributed by atoms with E-state index in [0.29, 0.717) is 12.8 Å². The van der Waals surface area contributed by atoms with Gasteiger partial charge in [0, 0.05) is 29.8 Å². The molecule has 0 bridgehead atoms. The lowest BCUT2D eigenvalue weighted by Crippen LogP contribution is -2.07. The van der Waals surface area contributed by atoms with Gasteiger partial charge in [-0.25, -0.2) is 8.42 Å². The Bertz CT molecular complexity index is 525. The molecule has 100 valence electrons. The first-order valence-electron chi connectivity index (χ1n) is 6.19. The Morgan fingerprint density at radius 3 is 2.94 bits per heavy atom. The van der Waals surface area contributed by atoms with Gasteiger partial charge in [0.05, 0.1) is 6.10 Å². The zero-order valence-electron chi connectivity index (χ0n) is 10.5. The van der Waals surface area contributed by atoms with Crippen LogP contribution in [0.1, 0.15) is 30.1 Å². The first-order valence-corrected chi connectivity index (χ1v) is 8.25. The van der Waals surface area contributed by atoms with Gasteiger partial charge in [-0.3, -0.25) is 0 Å². The number of rotatable bonds is 5. The molecule has 0 aromatic heterocycles. The van der Waals surface area contributed by atoms with E-state index in [1.165, 1.54) is 11.8 Å². The highest BCUT2D eigenvalue weighted by Gasteiger charge is 2.18. The maximum Gasteiger partial charge on any atom is 0.147 e. The molecule has 1 atom stereocenters. The summed E-state index contributed by atoms with van der Waals surface area (Å²) in [5.41, 5.74) is 3.15. The lowest BCUT2D eigenvalue weighted by Gasteiger charge is -2.15. The zero-order chi connectivity index (χ0) is 13.2. The van der Waals surface area contributed by atoms with Gasteiger partial charge >= 0.3 is 0 Å².